The van der Waals surface area contributed by atoms with Crippen molar-refractivity contribution in [3.05, 3.63) is 35.4 Å². The number of benzene rings is 1. The van der Waals surface area contributed by atoms with Crippen molar-refractivity contribution >= 4 is 17.7 Å². The van der Waals surface area contributed by atoms with Crippen LogP contribution in [0.5, 0.6) is 0 Å². The molecule has 0 aliphatic heterocycles. The van der Waals surface area contributed by atoms with Crippen LogP contribution >= 0.6 is 0 Å². The van der Waals surface area contributed by atoms with Gasteiger partial charge in [-0.05, 0) is 23.8 Å². The van der Waals surface area contributed by atoms with Crippen molar-refractivity contribution in [1.82, 2.24) is 0 Å². The lowest BCUT2D eigenvalue weighted by atomic mass is 10.1. The van der Waals surface area contributed by atoms with E-state index in [-0.39, 0.29) is 6.61 Å². The molecule has 0 amide bonds. The molecule has 0 atom stereocenters. The van der Waals surface area contributed by atoms with Gasteiger partial charge in [0.25, 0.3) is 0 Å². The summed E-state index contributed by atoms with van der Waals surface area (Å²) < 4.78 is 4.58. The van der Waals surface area contributed by atoms with Crippen molar-refractivity contribution in [3.63, 3.8) is 0 Å². The van der Waals surface area contributed by atoms with E-state index >= 15 is 0 Å². The molecule has 0 unspecified atom stereocenters. The van der Waals surface area contributed by atoms with Gasteiger partial charge in [-0.2, -0.15) is 0 Å². The summed E-state index contributed by atoms with van der Waals surface area (Å²) in [6, 6.07) is 4.90. The van der Waals surface area contributed by atoms with Gasteiger partial charge in [-0.15, -0.1) is 0 Å². The van der Waals surface area contributed by atoms with Crippen molar-refractivity contribution in [1.29, 1.82) is 0 Å². The molecule has 0 radical (unpaired) electrons. The lowest BCUT2D eigenvalue weighted by Gasteiger charge is -2.02. The smallest absolute Gasteiger partial charge is 0.337 e. The number of anilines is 1. The van der Waals surface area contributed by atoms with Crippen molar-refractivity contribution in [2.75, 3.05) is 19.5 Å². The monoisotopic (exact) mass is 207 g/mol. The Morgan fingerprint density at radius 1 is 1.53 bits per heavy atom. The predicted octanol–water partition coefficient (Wildman–Crippen LogP) is 1.06. The Hall–Kier alpha value is -1.81. The fourth-order valence-corrected chi connectivity index (χ4v) is 1.20. The SMILES string of the molecule is COC(=O)c1cc(N)cc(C=CCO)c1. The summed E-state index contributed by atoms with van der Waals surface area (Å²) >= 11 is 0. The Kier molecular flexibility index (Phi) is 3.88. The van der Waals surface area contributed by atoms with E-state index in [0.29, 0.717) is 11.3 Å². The molecule has 0 bridgehead atoms. The first-order valence-corrected chi connectivity index (χ1v) is 4.43. The molecular formula is C11H13NO3. The highest BCUT2D eigenvalue weighted by atomic mass is 16.5. The van der Waals surface area contributed by atoms with E-state index < -0.39 is 5.97 Å². The van der Waals surface area contributed by atoms with Crippen LogP contribution in [0.25, 0.3) is 6.08 Å². The molecule has 4 nitrogen and oxygen atoms in total. The van der Waals surface area contributed by atoms with Gasteiger partial charge in [0, 0.05) is 5.69 Å². The summed E-state index contributed by atoms with van der Waals surface area (Å²) in [6.45, 7) is -0.0532. The highest BCUT2D eigenvalue weighted by molar-refractivity contribution is 5.91. The van der Waals surface area contributed by atoms with Crippen molar-refractivity contribution in [3.8, 4) is 0 Å². The molecule has 0 aromatic heterocycles. The van der Waals surface area contributed by atoms with Crippen LogP contribution in [0, 0.1) is 0 Å². The molecule has 4 heteroatoms. The molecule has 0 saturated carbocycles. The number of aliphatic hydroxyl groups is 1. The van der Waals surface area contributed by atoms with E-state index in [1.165, 1.54) is 7.11 Å². The first kappa shape index (κ1) is 11.3. The van der Waals surface area contributed by atoms with Crippen LogP contribution in [-0.2, 0) is 4.74 Å². The topological polar surface area (TPSA) is 72.5 Å². The molecule has 80 valence electrons. The van der Waals surface area contributed by atoms with Crippen LogP contribution in [0.3, 0.4) is 0 Å². The van der Waals surface area contributed by atoms with Gasteiger partial charge in [0.05, 0.1) is 19.3 Å². The number of methoxy groups -OCH3 is 1. The maximum Gasteiger partial charge on any atom is 0.337 e. The second-order valence-electron chi connectivity index (χ2n) is 2.96. The van der Waals surface area contributed by atoms with Gasteiger partial charge >= 0.3 is 5.97 Å². The number of carbonyl (C=O) groups is 1. The molecule has 0 aliphatic rings. The average Bonchev–Trinajstić information content (AvgIpc) is 2.24. The Bertz CT molecular complexity index is 385. The van der Waals surface area contributed by atoms with Gasteiger partial charge in [-0.1, -0.05) is 12.2 Å². The minimum absolute atomic E-state index is 0.0532. The lowest BCUT2D eigenvalue weighted by Crippen LogP contribution is -2.02. The molecule has 1 rings (SSSR count). The number of hydrogen-bond donors (Lipinski definition) is 2. The second kappa shape index (κ2) is 5.17. The first-order chi connectivity index (χ1) is 7.17. The summed E-state index contributed by atoms with van der Waals surface area (Å²) in [5.74, 6) is -0.430. The fraction of sp³-hybridized carbons (Fsp3) is 0.182. The zero-order valence-electron chi connectivity index (χ0n) is 8.43. The number of ether oxygens (including phenoxy) is 1. The van der Waals surface area contributed by atoms with Crippen LogP contribution in [0.1, 0.15) is 15.9 Å². The number of nitrogen functional groups attached to an aromatic ring is 1. The third kappa shape index (κ3) is 3.11. The fourth-order valence-electron chi connectivity index (χ4n) is 1.20. The molecule has 0 heterocycles. The third-order valence-electron chi connectivity index (χ3n) is 1.81. The third-order valence-corrected chi connectivity index (χ3v) is 1.81. The largest absolute Gasteiger partial charge is 0.465 e. The van der Waals surface area contributed by atoms with E-state index in [2.05, 4.69) is 4.74 Å². The van der Waals surface area contributed by atoms with Crippen LogP contribution in [0.4, 0.5) is 5.69 Å². The standard InChI is InChI=1S/C11H13NO3/c1-15-11(14)9-5-8(3-2-4-13)6-10(12)7-9/h2-3,5-7,13H,4,12H2,1H3. The van der Waals surface area contributed by atoms with E-state index in [4.69, 9.17) is 10.8 Å². The highest BCUT2D eigenvalue weighted by Gasteiger charge is 2.06. The van der Waals surface area contributed by atoms with E-state index in [9.17, 15) is 4.79 Å². The first-order valence-electron chi connectivity index (χ1n) is 4.43. The van der Waals surface area contributed by atoms with Crippen LogP contribution in [-0.4, -0.2) is 24.8 Å². The van der Waals surface area contributed by atoms with Crippen LogP contribution in [0.15, 0.2) is 24.3 Å². The molecule has 0 spiro atoms. The minimum Gasteiger partial charge on any atom is -0.465 e. The molecule has 0 aliphatic carbocycles. The quantitative estimate of drug-likeness (QED) is 0.574. The van der Waals surface area contributed by atoms with E-state index in [1.54, 1.807) is 30.4 Å². The maximum absolute atomic E-state index is 11.2. The van der Waals surface area contributed by atoms with Crippen LogP contribution in [0.2, 0.25) is 0 Å². The van der Waals surface area contributed by atoms with Crippen molar-refractivity contribution < 1.29 is 14.6 Å². The van der Waals surface area contributed by atoms with Gasteiger partial charge in [0.2, 0.25) is 0 Å². The summed E-state index contributed by atoms with van der Waals surface area (Å²) in [5, 5.41) is 8.61. The normalized spacial score (nSPS) is 10.5. The molecular weight excluding hydrogens is 194 g/mol. The number of esters is 1. The molecule has 15 heavy (non-hydrogen) atoms. The molecule has 1 aromatic rings. The summed E-state index contributed by atoms with van der Waals surface area (Å²) in [7, 11) is 1.31. The summed E-state index contributed by atoms with van der Waals surface area (Å²) in [6.07, 6.45) is 3.25. The number of nitrogens with two attached hydrogens (primary N) is 1. The average molecular weight is 207 g/mol. The Labute approximate surface area is 88.0 Å². The van der Waals surface area contributed by atoms with Gasteiger partial charge in [-0.25, -0.2) is 4.79 Å². The minimum atomic E-state index is -0.430. The molecule has 3 N–H and O–H groups in total. The molecule has 0 fully saturated rings. The van der Waals surface area contributed by atoms with Gasteiger partial charge in [0.15, 0.2) is 0 Å². The number of hydrogen-bond acceptors (Lipinski definition) is 4. The highest BCUT2D eigenvalue weighted by Crippen LogP contribution is 2.14. The zero-order chi connectivity index (χ0) is 11.3. The second-order valence-corrected chi connectivity index (χ2v) is 2.96. The predicted molar refractivity (Wildman–Crippen MR) is 58.3 cm³/mol. The van der Waals surface area contributed by atoms with Gasteiger partial charge in [0.1, 0.15) is 0 Å². The number of carbonyl (C=O) groups excluding carboxylic acids is 1. The van der Waals surface area contributed by atoms with Gasteiger partial charge < -0.3 is 15.6 Å². The zero-order valence-corrected chi connectivity index (χ0v) is 8.43. The lowest BCUT2D eigenvalue weighted by molar-refractivity contribution is 0.0601. The maximum atomic E-state index is 11.2. The van der Waals surface area contributed by atoms with Crippen molar-refractivity contribution in [2.24, 2.45) is 0 Å². The number of rotatable bonds is 3. The van der Waals surface area contributed by atoms with E-state index in [1.807, 2.05) is 0 Å². The Morgan fingerprint density at radius 3 is 2.87 bits per heavy atom. The number of aliphatic hydroxyl groups excluding tert-OH is 1. The molecule has 0 saturated heterocycles. The summed E-state index contributed by atoms with van der Waals surface area (Å²) in [4.78, 5) is 11.2. The van der Waals surface area contributed by atoms with Gasteiger partial charge in [-0.3, -0.25) is 0 Å². The van der Waals surface area contributed by atoms with Crippen LogP contribution < -0.4 is 5.73 Å². The van der Waals surface area contributed by atoms with E-state index in [0.717, 1.165) is 5.56 Å². The molecule has 1 aromatic carbocycles. The summed E-state index contributed by atoms with van der Waals surface area (Å²) in [5.41, 5.74) is 7.25. The Morgan fingerprint density at radius 2 is 2.27 bits per heavy atom. The Balaban J connectivity index is 3.05. The van der Waals surface area contributed by atoms with Crippen molar-refractivity contribution in [2.45, 2.75) is 0 Å².